The lowest BCUT2D eigenvalue weighted by Crippen LogP contribution is -2.21. The van der Waals surface area contributed by atoms with Crippen molar-refractivity contribution in [2.75, 3.05) is 0 Å². The van der Waals surface area contributed by atoms with E-state index in [1.165, 1.54) is 0 Å². The van der Waals surface area contributed by atoms with Crippen LogP contribution in [0.1, 0.15) is 21.6 Å². The molecule has 0 saturated heterocycles. The lowest BCUT2D eigenvalue weighted by atomic mass is 10.1. The number of carbonyl (C=O) groups is 1. The lowest BCUT2D eigenvalue weighted by Gasteiger charge is -2.00. The van der Waals surface area contributed by atoms with Gasteiger partial charge in [-0.3, -0.25) is 4.79 Å². The van der Waals surface area contributed by atoms with Crippen LogP contribution >= 0.6 is 0 Å². The van der Waals surface area contributed by atoms with Crippen LogP contribution in [0.5, 0.6) is 0 Å². The molecule has 12 heavy (non-hydrogen) atoms. The highest BCUT2D eigenvalue weighted by atomic mass is 16.4. The Morgan fingerprint density at radius 3 is 2.50 bits per heavy atom. The van der Waals surface area contributed by atoms with Crippen LogP contribution in [0.3, 0.4) is 0 Å². The van der Waals surface area contributed by atoms with Crippen molar-refractivity contribution in [1.29, 1.82) is 0 Å². The summed E-state index contributed by atoms with van der Waals surface area (Å²) in [7, 11) is 0. The van der Waals surface area contributed by atoms with Crippen molar-refractivity contribution in [1.82, 2.24) is 10.2 Å². The quantitative estimate of drug-likeness (QED) is 0.622. The monoisotopic (exact) mass is 168 g/mol. The number of nitrogens with zero attached hydrogens (tertiary/aromatic N) is 1. The van der Waals surface area contributed by atoms with Gasteiger partial charge in [0.15, 0.2) is 0 Å². The van der Waals surface area contributed by atoms with Gasteiger partial charge < -0.3 is 5.11 Å². The Hall–Kier alpha value is -1.65. The molecule has 1 aromatic heterocycles. The SMILES string of the molecule is Cc1n[nH]c(=O)c(C(=O)O)c1C. The zero-order valence-electron chi connectivity index (χ0n) is 6.71. The summed E-state index contributed by atoms with van der Waals surface area (Å²) in [5.41, 5.74) is 0.0337. The highest BCUT2D eigenvalue weighted by molar-refractivity contribution is 5.88. The van der Waals surface area contributed by atoms with Crippen molar-refractivity contribution < 1.29 is 9.90 Å². The van der Waals surface area contributed by atoms with Gasteiger partial charge in [-0.05, 0) is 19.4 Å². The zero-order chi connectivity index (χ0) is 9.30. The maximum absolute atomic E-state index is 10.9. The number of nitrogens with one attached hydrogen (secondary N) is 1. The predicted octanol–water partition coefficient (Wildman–Crippen LogP) is 0.0849. The summed E-state index contributed by atoms with van der Waals surface area (Å²) in [6.07, 6.45) is 0. The maximum Gasteiger partial charge on any atom is 0.341 e. The number of aromatic carboxylic acids is 1. The molecule has 0 aromatic carbocycles. The van der Waals surface area contributed by atoms with Crippen molar-refractivity contribution in [3.8, 4) is 0 Å². The summed E-state index contributed by atoms with van der Waals surface area (Å²) in [5, 5.41) is 14.3. The first-order chi connectivity index (χ1) is 5.54. The average Bonchev–Trinajstić information content (AvgIpc) is 1.97. The van der Waals surface area contributed by atoms with Gasteiger partial charge in [-0.1, -0.05) is 0 Å². The third-order valence-corrected chi connectivity index (χ3v) is 1.68. The van der Waals surface area contributed by atoms with Crippen LogP contribution in [-0.4, -0.2) is 21.3 Å². The third kappa shape index (κ3) is 1.20. The number of hydrogen-bond donors (Lipinski definition) is 2. The minimum absolute atomic E-state index is 0.234. The average molecular weight is 168 g/mol. The Morgan fingerprint density at radius 2 is 2.08 bits per heavy atom. The standard InChI is InChI=1S/C7H8N2O3/c1-3-4(2)8-9-6(10)5(3)7(11)12/h1-2H3,(H,9,10)(H,11,12). The molecule has 0 fully saturated rings. The number of H-pyrrole nitrogens is 1. The van der Waals surface area contributed by atoms with Crippen molar-refractivity contribution in [3.05, 3.63) is 27.2 Å². The van der Waals surface area contributed by atoms with Crippen LogP contribution in [0.15, 0.2) is 4.79 Å². The third-order valence-electron chi connectivity index (χ3n) is 1.68. The summed E-state index contributed by atoms with van der Waals surface area (Å²) in [5.74, 6) is -1.22. The molecular weight excluding hydrogens is 160 g/mol. The molecule has 0 spiro atoms. The summed E-state index contributed by atoms with van der Waals surface area (Å²) in [6.45, 7) is 3.19. The van der Waals surface area contributed by atoms with Crippen LogP contribution in [0.2, 0.25) is 0 Å². The van der Waals surface area contributed by atoms with Gasteiger partial charge in [0.25, 0.3) is 5.56 Å². The molecule has 0 amide bonds. The lowest BCUT2D eigenvalue weighted by molar-refractivity contribution is 0.0693. The molecule has 0 aliphatic rings. The highest BCUT2D eigenvalue weighted by Crippen LogP contribution is 2.03. The van der Waals surface area contributed by atoms with Crippen LogP contribution < -0.4 is 5.56 Å². The number of aryl methyl sites for hydroxylation is 1. The Labute approximate surface area is 68.1 Å². The second kappa shape index (κ2) is 2.77. The second-order valence-corrected chi connectivity index (χ2v) is 2.44. The van der Waals surface area contributed by atoms with Gasteiger partial charge in [-0.15, -0.1) is 0 Å². The van der Waals surface area contributed by atoms with E-state index in [1.54, 1.807) is 13.8 Å². The molecule has 0 bridgehead atoms. The molecule has 5 nitrogen and oxygen atoms in total. The first kappa shape index (κ1) is 8.45. The minimum Gasteiger partial charge on any atom is -0.477 e. The van der Waals surface area contributed by atoms with Gasteiger partial charge in [-0.25, -0.2) is 9.89 Å². The molecule has 2 N–H and O–H groups in total. The van der Waals surface area contributed by atoms with Crippen molar-refractivity contribution >= 4 is 5.97 Å². The van der Waals surface area contributed by atoms with E-state index in [0.717, 1.165) is 0 Å². The fourth-order valence-corrected chi connectivity index (χ4v) is 0.883. The van der Waals surface area contributed by atoms with E-state index in [1.807, 2.05) is 0 Å². The van der Waals surface area contributed by atoms with E-state index in [0.29, 0.717) is 11.3 Å². The summed E-state index contributed by atoms with van der Waals surface area (Å²) in [6, 6.07) is 0. The molecule has 0 radical (unpaired) electrons. The van der Waals surface area contributed by atoms with Gasteiger partial charge in [0.2, 0.25) is 0 Å². The number of carboxylic acid groups (broad SMARTS) is 1. The first-order valence-corrected chi connectivity index (χ1v) is 3.33. The smallest absolute Gasteiger partial charge is 0.341 e. The number of rotatable bonds is 1. The molecule has 0 aliphatic carbocycles. The largest absolute Gasteiger partial charge is 0.477 e. The molecule has 64 valence electrons. The van der Waals surface area contributed by atoms with Crippen LogP contribution in [0, 0.1) is 13.8 Å². The van der Waals surface area contributed by atoms with Gasteiger partial charge in [-0.2, -0.15) is 5.10 Å². The van der Waals surface area contributed by atoms with E-state index in [9.17, 15) is 9.59 Å². The molecule has 5 heteroatoms. The van der Waals surface area contributed by atoms with Crippen LogP contribution in [0.4, 0.5) is 0 Å². The van der Waals surface area contributed by atoms with Gasteiger partial charge in [0, 0.05) is 0 Å². The van der Waals surface area contributed by atoms with Gasteiger partial charge in [0.1, 0.15) is 5.56 Å². The Kier molecular flexibility index (Phi) is 1.95. The number of aromatic nitrogens is 2. The summed E-state index contributed by atoms with van der Waals surface area (Å²) in [4.78, 5) is 21.5. The van der Waals surface area contributed by atoms with Crippen LogP contribution in [0.25, 0.3) is 0 Å². The maximum atomic E-state index is 10.9. The van der Waals surface area contributed by atoms with Gasteiger partial charge in [0.05, 0.1) is 5.69 Å². The Bertz CT molecular complexity index is 381. The molecule has 1 heterocycles. The van der Waals surface area contributed by atoms with Crippen molar-refractivity contribution in [3.63, 3.8) is 0 Å². The number of aromatic amines is 1. The van der Waals surface area contributed by atoms with E-state index in [4.69, 9.17) is 5.11 Å². The van der Waals surface area contributed by atoms with E-state index >= 15 is 0 Å². The Morgan fingerprint density at radius 1 is 1.50 bits per heavy atom. The molecule has 1 aromatic rings. The Balaban J connectivity index is 3.54. The molecule has 0 unspecified atom stereocenters. The van der Waals surface area contributed by atoms with E-state index in [-0.39, 0.29) is 5.56 Å². The summed E-state index contributed by atoms with van der Waals surface area (Å²) < 4.78 is 0. The van der Waals surface area contributed by atoms with E-state index < -0.39 is 11.5 Å². The van der Waals surface area contributed by atoms with Crippen LogP contribution in [-0.2, 0) is 0 Å². The molecule has 0 saturated carbocycles. The normalized spacial score (nSPS) is 9.83. The molecule has 0 aliphatic heterocycles. The first-order valence-electron chi connectivity index (χ1n) is 3.33. The molecule has 1 rings (SSSR count). The van der Waals surface area contributed by atoms with Crippen molar-refractivity contribution in [2.24, 2.45) is 0 Å². The zero-order valence-corrected chi connectivity index (χ0v) is 6.71. The molecule has 0 atom stereocenters. The van der Waals surface area contributed by atoms with Gasteiger partial charge >= 0.3 is 5.97 Å². The fraction of sp³-hybridized carbons (Fsp3) is 0.286. The number of hydrogen-bond acceptors (Lipinski definition) is 3. The van der Waals surface area contributed by atoms with E-state index in [2.05, 4.69) is 10.2 Å². The number of carboxylic acids is 1. The fourth-order valence-electron chi connectivity index (χ4n) is 0.883. The highest BCUT2D eigenvalue weighted by Gasteiger charge is 2.13. The minimum atomic E-state index is -1.22. The second-order valence-electron chi connectivity index (χ2n) is 2.44. The predicted molar refractivity (Wildman–Crippen MR) is 41.3 cm³/mol. The van der Waals surface area contributed by atoms with Crippen molar-refractivity contribution in [2.45, 2.75) is 13.8 Å². The summed E-state index contributed by atoms with van der Waals surface area (Å²) >= 11 is 0. The molecular formula is C7H8N2O3. The topological polar surface area (TPSA) is 83.0 Å².